The maximum atomic E-state index is 13.7. The van der Waals surface area contributed by atoms with E-state index in [1.54, 1.807) is 50.2 Å². The van der Waals surface area contributed by atoms with Gasteiger partial charge in [0.1, 0.15) is 40.1 Å². The van der Waals surface area contributed by atoms with E-state index in [2.05, 4.69) is 0 Å². The molecule has 3 aromatic rings. The molecule has 15 heteroatoms. The van der Waals surface area contributed by atoms with Crippen molar-refractivity contribution >= 4 is 35.6 Å². The van der Waals surface area contributed by atoms with Gasteiger partial charge in [-0.2, -0.15) is 0 Å². The number of primary amides is 1. The van der Waals surface area contributed by atoms with Crippen molar-refractivity contribution in [1.29, 1.82) is 0 Å². The molecule has 10 N–H and O–H groups in total. The number of hydrogen-bond donors (Lipinski definition) is 9. The highest BCUT2D eigenvalue weighted by Crippen LogP contribution is 2.56. The minimum absolute atomic E-state index is 0. The number of Topliss-reactive ketones (excluding diaryl/α,β-unsaturated/α-hetero) is 2. The fourth-order valence-corrected chi connectivity index (χ4v) is 7.90. The van der Waals surface area contributed by atoms with Crippen LogP contribution in [0.15, 0.2) is 77.6 Å². The summed E-state index contributed by atoms with van der Waals surface area (Å²) in [6, 6.07) is 15.6. The number of benzene rings is 3. The Morgan fingerprint density at radius 3 is 2.19 bits per heavy atom. The second-order valence-electron chi connectivity index (χ2n) is 13.7. The van der Waals surface area contributed by atoms with Crippen LogP contribution < -0.4 is 10.5 Å². The number of aliphatic hydroxyl groups is 5. The molecule has 1 saturated carbocycles. The number of likely N-dealkylation sites (N-methyl/N-ethyl adjacent to an activating group) is 1. The fraction of sp³-hybridized carbons (Fsp3) is 0.359. The smallest absolute Gasteiger partial charge is 0.255 e. The van der Waals surface area contributed by atoms with Gasteiger partial charge in [-0.1, -0.05) is 37.3 Å². The van der Waals surface area contributed by atoms with Crippen molar-refractivity contribution in [3.05, 3.63) is 99.8 Å². The summed E-state index contributed by atoms with van der Waals surface area (Å²) in [6.07, 6.45) is -0.700. The largest absolute Gasteiger partial charge is 0.508 e. The molecule has 0 unspecified atom stereocenters. The molecule has 290 valence electrons. The van der Waals surface area contributed by atoms with Crippen molar-refractivity contribution in [2.45, 2.75) is 49.9 Å². The number of carbonyl (C=O) groups excluding carboxylic acids is 3. The Balaban J connectivity index is 0.000000249. The number of rotatable bonds is 3. The zero-order chi connectivity index (χ0) is 39.1. The SMILES string of the molecule is CCO.C[C@H]1c2cccc(O)c2C(O)=C2C(=O)[C@]3(O)C(O)=C(C(N)=O)C(=O)[C@@H](N(C)C)[C@@H]3[C@@H](O)[C@@H]21.Cl.Oc1ccc([C@H]2COc3cc(O)ccc3C2)cc1. The van der Waals surface area contributed by atoms with Crippen molar-refractivity contribution in [3.8, 4) is 23.0 Å². The van der Waals surface area contributed by atoms with E-state index in [0.29, 0.717) is 18.1 Å². The van der Waals surface area contributed by atoms with E-state index in [-0.39, 0.29) is 41.8 Å². The first-order valence-corrected chi connectivity index (χ1v) is 17.0. The van der Waals surface area contributed by atoms with Crippen molar-refractivity contribution in [2.24, 2.45) is 17.6 Å². The summed E-state index contributed by atoms with van der Waals surface area (Å²) in [7, 11) is 2.92. The van der Waals surface area contributed by atoms with Crippen LogP contribution in [0.5, 0.6) is 23.0 Å². The summed E-state index contributed by atoms with van der Waals surface area (Å²) in [5, 5.41) is 81.1. The molecule has 7 atom stereocenters. The maximum Gasteiger partial charge on any atom is 0.255 e. The summed E-state index contributed by atoms with van der Waals surface area (Å²) in [5.41, 5.74) is 3.74. The third kappa shape index (κ3) is 6.98. The minimum Gasteiger partial charge on any atom is -0.508 e. The zero-order valence-electron chi connectivity index (χ0n) is 30.0. The number of nitrogens with two attached hydrogens (primary N) is 1. The summed E-state index contributed by atoms with van der Waals surface area (Å²) in [6.45, 7) is 4.21. The van der Waals surface area contributed by atoms with Crippen LogP contribution in [-0.2, 0) is 20.8 Å². The molecule has 0 aromatic heterocycles. The van der Waals surface area contributed by atoms with Crippen molar-refractivity contribution < 1.29 is 60.0 Å². The number of halogens is 1. The number of carbonyl (C=O) groups is 3. The van der Waals surface area contributed by atoms with E-state index in [9.17, 15) is 50.1 Å². The van der Waals surface area contributed by atoms with Crippen LogP contribution in [0.3, 0.4) is 0 Å². The highest BCUT2D eigenvalue weighted by molar-refractivity contribution is 6.24. The number of nitrogens with zero attached hydrogens (tertiary/aromatic N) is 1. The van der Waals surface area contributed by atoms with Crippen LogP contribution in [0.25, 0.3) is 5.76 Å². The van der Waals surface area contributed by atoms with E-state index >= 15 is 0 Å². The van der Waals surface area contributed by atoms with E-state index in [1.165, 1.54) is 25.1 Å². The monoisotopic (exact) mass is 768 g/mol. The molecule has 0 saturated heterocycles. The standard InChI is InChI=1S/C22H24N2O8.C15H14O3.C2H6O.ClH/c1-7-8-5-4-6-9(25)11(8)16(26)12-10(7)17(27)14-15(24(2)3)18(28)13(21(23)31)20(30)22(14,32)19(12)29;16-13-4-1-10(2-5-13)12-7-11-3-6-14(17)8-15(11)18-9-12;1-2-3;/h4-7,10,14-15,17,25-27,30,32H,1-3H3,(H2,23,31);1-6,8,12,16-17H,7,9H2;3H,2H2,1H3;1H/t7-,10+,14+,15-,17-,22-;12-;;/m01../s1. The molecule has 1 aliphatic heterocycles. The quantitative estimate of drug-likeness (QED) is 0.174. The van der Waals surface area contributed by atoms with Gasteiger partial charge in [0.2, 0.25) is 5.78 Å². The molecule has 54 heavy (non-hydrogen) atoms. The second-order valence-corrected chi connectivity index (χ2v) is 13.7. The van der Waals surface area contributed by atoms with Gasteiger partial charge in [-0.25, -0.2) is 0 Å². The number of aromatic hydroxyl groups is 3. The van der Waals surface area contributed by atoms with E-state index in [1.807, 2.05) is 18.2 Å². The lowest BCUT2D eigenvalue weighted by atomic mass is 9.54. The van der Waals surface area contributed by atoms with Crippen molar-refractivity contribution in [3.63, 3.8) is 0 Å². The van der Waals surface area contributed by atoms with Crippen LogP contribution >= 0.6 is 12.4 Å². The molecule has 0 radical (unpaired) electrons. The van der Waals surface area contributed by atoms with E-state index < -0.39 is 75.6 Å². The Bertz CT molecular complexity index is 2000. The van der Waals surface area contributed by atoms with E-state index in [0.717, 1.165) is 23.3 Å². The van der Waals surface area contributed by atoms with Crippen molar-refractivity contribution in [2.75, 3.05) is 27.3 Å². The van der Waals surface area contributed by atoms with Gasteiger partial charge in [-0.3, -0.25) is 19.3 Å². The molecular weight excluding hydrogens is 724 g/mol. The number of hydrogen-bond acceptors (Lipinski definition) is 13. The average molecular weight is 769 g/mol. The van der Waals surface area contributed by atoms with Crippen molar-refractivity contribution in [1.82, 2.24) is 4.90 Å². The number of aliphatic hydroxyl groups excluding tert-OH is 4. The van der Waals surface area contributed by atoms with E-state index in [4.69, 9.17) is 15.6 Å². The summed E-state index contributed by atoms with van der Waals surface area (Å²) < 4.78 is 5.68. The van der Waals surface area contributed by atoms with Gasteiger partial charge in [0.15, 0.2) is 11.4 Å². The van der Waals surface area contributed by atoms with Crippen LogP contribution in [-0.4, -0.2) is 108 Å². The molecule has 14 nitrogen and oxygen atoms in total. The summed E-state index contributed by atoms with van der Waals surface area (Å²) >= 11 is 0. The summed E-state index contributed by atoms with van der Waals surface area (Å²) in [5.74, 6) is -7.29. The summed E-state index contributed by atoms with van der Waals surface area (Å²) in [4.78, 5) is 40.0. The van der Waals surface area contributed by atoms with Gasteiger partial charge in [0, 0.05) is 30.1 Å². The van der Waals surface area contributed by atoms with Gasteiger partial charge in [-0.15, -0.1) is 12.4 Å². The molecule has 0 bridgehead atoms. The molecule has 1 heterocycles. The molecule has 1 amide bonds. The molecule has 7 rings (SSSR count). The normalized spacial score (nSPS) is 26.7. The number of ketones is 2. The van der Waals surface area contributed by atoms with Gasteiger partial charge in [0.25, 0.3) is 5.91 Å². The van der Waals surface area contributed by atoms with Crippen LogP contribution in [0.1, 0.15) is 47.9 Å². The molecule has 4 aliphatic rings. The number of fused-ring (bicyclic) bond motifs is 4. The lowest BCUT2D eigenvalue weighted by molar-refractivity contribution is -0.169. The lowest BCUT2D eigenvalue weighted by Gasteiger charge is -2.53. The predicted octanol–water partition coefficient (Wildman–Crippen LogP) is 2.73. The molecule has 3 aromatic carbocycles. The van der Waals surface area contributed by atoms with Crippen LogP contribution in [0.4, 0.5) is 0 Å². The van der Waals surface area contributed by atoms with Gasteiger partial charge in [-0.05, 0) is 74.3 Å². The highest BCUT2D eigenvalue weighted by Gasteiger charge is 2.68. The number of ether oxygens (including phenoxy) is 1. The average Bonchev–Trinajstić information content (AvgIpc) is 3.10. The van der Waals surface area contributed by atoms with Gasteiger partial charge >= 0.3 is 0 Å². The van der Waals surface area contributed by atoms with Gasteiger partial charge in [0.05, 0.1) is 30.2 Å². The predicted molar refractivity (Wildman–Crippen MR) is 199 cm³/mol. The van der Waals surface area contributed by atoms with Gasteiger partial charge < -0.3 is 51.3 Å². The topological polar surface area (TPSA) is 252 Å². The Hall–Kier alpha value is -5.12. The fourth-order valence-electron chi connectivity index (χ4n) is 7.90. The van der Waals surface area contributed by atoms with Crippen LogP contribution in [0.2, 0.25) is 0 Å². The molecule has 0 spiro atoms. The Morgan fingerprint density at radius 1 is 0.981 bits per heavy atom. The lowest BCUT2D eigenvalue weighted by Crippen LogP contribution is -2.70. The third-order valence-corrected chi connectivity index (χ3v) is 10.3. The Labute approximate surface area is 317 Å². The highest BCUT2D eigenvalue weighted by atomic mass is 35.5. The molecular formula is C39H45ClN2O12. The maximum absolute atomic E-state index is 13.7. The Kier molecular flexibility index (Phi) is 12.4. The second kappa shape index (κ2) is 16.1. The zero-order valence-corrected chi connectivity index (χ0v) is 30.8. The first-order chi connectivity index (χ1) is 25.0. The van der Waals surface area contributed by atoms with Crippen LogP contribution in [0, 0.1) is 11.8 Å². The first-order valence-electron chi connectivity index (χ1n) is 17.0. The molecule has 3 aliphatic carbocycles. The number of phenols is 3. The Morgan fingerprint density at radius 2 is 1.59 bits per heavy atom. The minimum atomic E-state index is -2.89. The number of amides is 1. The third-order valence-electron chi connectivity index (χ3n) is 10.3. The molecule has 1 fully saturated rings. The first kappa shape index (κ1) is 41.6. The number of phenolic OH excluding ortho intramolecular Hbond substituents is 3.